The van der Waals surface area contributed by atoms with Crippen LogP contribution in [-0.4, -0.2) is 24.8 Å². The van der Waals surface area contributed by atoms with E-state index in [0.717, 1.165) is 29.8 Å². The smallest absolute Gasteiger partial charge is 0.195 e. The maximum absolute atomic E-state index is 9.22. The summed E-state index contributed by atoms with van der Waals surface area (Å²) in [6.45, 7) is 0. The first kappa shape index (κ1) is 17.5. The molecular weight excluding hydrogens is 326 g/mol. The Morgan fingerprint density at radius 3 is 2.69 bits per heavy atom. The van der Waals surface area contributed by atoms with Gasteiger partial charge in [0, 0.05) is 37.4 Å². The van der Waals surface area contributed by atoms with Gasteiger partial charge in [-0.15, -0.1) is 0 Å². The van der Waals surface area contributed by atoms with Gasteiger partial charge in [0.2, 0.25) is 0 Å². The summed E-state index contributed by atoms with van der Waals surface area (Å²) >= 11 is 0. The summed E-state index contributed by atoms with van der Waals surface area (Å²) in [7, 11) is 3.59. The SMILES string of the molecule is CN/C(=C\C(=N)C1CC1)Oc1cc(C#N)ccc1-c1ccc(NC)cn1. The van der Waals surface area contributed by atoms with E-state index in [4.69, 9.17) is 10.1 Å². The van der Waals surface area contributed by atoms with Crippen molar-refractivity contribution < 1.29 is 4.74 Å². The molecule has 3 rings (SSSR count). The fraction of sp³-hybridized carbons (Fsp3) is 0.250. The van der Waals surface area contributed by atoms with Crippen LogP contribution in [0.25, 0.3) is 11.3 Å². The van der Waals surface area contributed by atoms with Crippen molar-refractivity contribution >= 4 is 11.4 Å². The number of nitrogens with one attached hydrogen (secondary N) is 3. The summed E-state index contributed by atoms with van der Waals surface area (Å²) in [4.78, 5) is 4.46. The molecule has 26 heavy (non-hydrogen) atoms. The number of hydrogen-bond acceptors (Lipinski definition) is 6. The lowest BCUT2D eigenvalue weighted by Crippen LogP contribution is -2.15. The van der Waals surface area contributed by atoms with E-state index in [9.17, 15) is 5.26 Å². The minimum absolute atomic E-state index is 0.336. The molecule has 6 heteroatoms. The Balaban J connectivity index is 1.95. The van der Waals surface area contributed by atoms with Crippen molar-refractivity contribution in [3.8, 4) is 23.1 Å². The number of ether oxygens (including phenoxy) is 1. The number of benzene rings is 1. The van der Waals surface area contributed by atoms with Crippen LogP contribution in [0.1, 0.15) is 18.4 Å². The van der Waals surface area contributed by atoms with Crippen molar-refractivity contribution in [3.05, 3.63) is 54.1 Å². The minimum Gasteiger partial charge on any atom is -0.441 e. The van der Waals surface area contributed by atoms with E-state index in [1.165, 1.54) is 0 Å². The molecule has 2 aromatic rings. The van der Waals surface area contributed by atoms with E-state index in [1.807, 2.05) is 25.2 Å². The molecule has 0 amide bonds. The predicted molar refractivity (Wildman–Crippen MR) is 102 cm³/mol. The molecule has 1 saturated carbocycles. The summed E-state index contributed by atoms with van der Waals surface area (Å²) in [6, 6.07) is 11.2. The Morgan fingerprint density at radius 1 is 1.31 bits per heavy atom. The number of nitrogens with zero attached hydrogens (tertiary/aromatic N) is 2. The number of pyridine rings is 1. The maximum atomic E-state index is 9.22. The highest BCUT2D eigenvalue weighted by molar-refractivity contribution is 5.96. The topological polar surface area (TPSA) is 93.8 Å². The zero-order chi connectivity index (χ0) is 18.5. The fourth-order valence-corrected chi connectivity index (χ4v) is 2.51. The third-order valence-corrected chi connectivity index (χ3v) is 4.21. The van der Waals surface area contributed by atoms with Gasteiger partial charge in [-0.05, 0) is 43.2 Å². The lowest BCUT2D eigenvalue weighted by atomic mass is 10.1. The van der Waals surface area contributed by atoms with Crippen molar-refractivity contribution in [1.82, 2.24) is 10.3 Å². The van der Waals surface area contributed by atoms with Gasteiger partial charge in [0.15, 0.2) is 5.88 Å². The third kappa shape index (κ3) is 4.01. The summed E-state index contributed by atoms with van der Waals surface area (Å²) < 4.78 is 6.00. The van der Waals surface area contributed by atoms with E-state index in [2.05, 4.69) is 21.7 Å². The molecule has 1 aliphatic rings. The van der Waals surface area contributed by atoms with Crippen molar-refractivity contribution in [3.63, 3.8) is 0 Å². The number of rotatable bonds is 7. The van der Waals surface area contributed by atoms with Crippen LogP contribution in [-0.2, 0) is 0 Å². The number of aromatic nitrogens is 1. The summed E-state index contributed by atoms with van der Waals surface area (Å²) in [5.74, 6) is 1.34. The van der Waals surface area contributed by atoms with Crippen LogP contribution >= 0.6 is 0 Å². The van der Waals surface area contributed by atoms with Crippen LogP contribution < -0.4 is 15.4 Å². The van der Waals surface area contributed by atoms with Crippen LogP contribution in [0.2, 0.25) is 0 Å². The molecule has 1 aromatic carbocycles. The number of anilines is 1. The zero-order valence-electron chi connectivity index (χ0n) is 14.8. The predicted octanol–water partition coefficient (Wildman–Crippen LogP) is 3.53. The lowest BCUT2D eigenvalue weighted by molar-refractivity contribution is 0.394. The Morgan fingerprint density at radius 2 is 2.12 bits per heavy atom. The van der Waals surface area contributed by atoms with Gasteiger partial charge in [-0.25, -0.2) is 0 Å². The molecule has 1 heterocycles. The molecule has 0 saturated heterocycles. The first-order chi connectivity index (χ1) is 12.6. The van der Waals surface area contributed by atoms with Gasteiger partial charge in [0.25, 0.3) is 0 Å². The maximum Gasteiger partial charge on any atom is 0.195 e. The van der Waals surface area contributed by atoms with Crippen molar-refractivity contribution in [2.24, 2.45) is 5.92 Å². The largest absolute Gasteiger partial charge is 0.441 e. The lowest BCUT2D eigenvalue weighted by Gasteiger charge is -2.14. The molecule has 0 atom stereocenters. The van der Waals surface area contributed by atoms with E-state index >= 15 is 0 Å². The van der Waals surface area contributed by atoms with Crippen LogP contribution in [0.5, 0.6) is 5.75 Å². The molecule has 6 nitrogen and oxygen atoms in total. The van der Waals surface area contributed by atoms with Gasteiger partial charge in [0.05, 0.1) is 29.2 Å². The van der Waals surface area contributed by atoms with Gasteiger partial charge in [-0.1, -0.05) is 0 Å². The Labute approximate surface area is 153 Å². The first-order valence-electron chi connectivity index (χ1n) is 8.48. The normalized spacial score (nSPS) is 13.7. The highest BCUT2D eigenvalue weighted by atomic mass is 16.5. The standard InChI is InChI=1S/C20H21N5O/c1-23-15-6-8-18(25-12-15)16-7-3-13(11-21)9-19(16)26-20(24-2)10-17(22)14-4-5-14/h3,6-10,12,14,22-24H,4-5H2,1-2H3/b20-10+,22-17?. The van der Waals surface area contributed by atoms with Crippen LogP contribution in [0.3, 0.4) is 0 Å². The Hall–Kier alpha value is -3.33. The minimum atomic E-state index is 0.336. The highest BCUT2D eigenvalue weighted by Gasteiger charge is 2.25. The van der Waals surface area contributed by atoms with E-state index in [0.29, 0.717) is 28.8 Å². The summed E-state index contributed by atoms with van der Waals surface area (Å²) in [5, 5.41) is 23.3. The van der Waals surface area contributed by atoms with Crippen molar-refractivity contribution in [2.75, 3.05) is 19.4 Å². The van der Waals surface area contributed by atoms with Gasteiger partial charge in [0.1, 0.15) is 5.75 Å². The molecule has 132 valence electrons. The Kier molecular flexibility index (Phi) is 5.18. The molecule has 0 radical (unpaired) electrons. The molecule has 1 fully saturated rings. The monoisotopic (exact) mass is 347 g/mol. The summed E-state index contributed by atoms with van der Waals surface area (Å²) in [6.07, 6.45) is 5.57. The number of allylic oxidation sites excluding steroid dienone is 1. The quantitative estimate of drug-likeness (QED) is 0.526. The Bertz CT molecular complexity index is 876. The number of hydrogen-bond donors (Lipinski definition) is 3. The van der Waals surface area contributed by atoms with Crippen LogP contribution in [0, 0.1) is 22.7 Å². The second kappa shape index (κ2) is 7.70. The molecule has 0 aliphatic heterocycles. The molecule has 0 bridgehead atoms. The molecule has 3 N–H and O–H groups in total. The highest BCUT2D eigenvalue weighted by Crippen LogP contribution is 2.33. The number of nitriles is 1. The van der Waals surface area contributed by atoms with Crippen molar-refractivity contribution in [1.29, 1.82) is 10.7 Å². The zero-order valence-corrected chi connectivity index (χ0v) is 14.8. The molecule has 0 spiro atoms. The fourth-order valence-electron chi connectivity index (χ4n) is 2.51. The molecular formula is C20H21N5O. The molecule has 0 unspecified atom stereocenters. The third-order valence-electron chi connectivity index (χ3n) is 4.21. The van der Waals surface area contributed by atoms with Crippen molar-refractivity contribution in [2.45, 2.75) is 12.8 Å². The summed E-state index contributed by atoms with van der Waals surface area (Å²) in [5.41, 5.74) is 3.51. The van der Waals surface area contributed by atoms with E-state index in [1.54, 1.807) is 31.5 Å². The first-order valence-corrected chi connectivity index (χ1v) is 8.48. The molecule has 1 aromatic heterocycles. The van der Waals surface area contributed by atoms with E-state index < -0.39 is 0 Å². The van der Waals surface area contributed by atoms with Crippen LogP contribution in [0.4, 0.5) is 5.69 Å². The molecule has 1 aliphatic carbocycles. The van der Waals surface area contributed by atoms with Gasteiger partial charge in [-0.3, -0.25) is 4.98 Å². The van der Waals surface area contributed by atoms with Gasteiger partial charge < -0.3 is 20.8 Å². The second-order valence-corrected chi connectivity index (χ2v) is 6.10. The average molecular weight is 347 g/mol. The second-order valence-electron chi connectivity index (χ2n) is 6.10. The van der Waals surface area contributed by atoms with Gasteiger partial charge >= 0.3 is 0 Å². The van der Waals surface area contributed by atoms with Gasteiger partial charge in [-0.2, -0.15) is 5.26 Å². The van der Waals surface area contributed by atoms with E-state index in [-0.39, 0.29) is 0 Å². The van der Waals surface area contributed by atoms with Crippen LogP contribution in [0.15, 0.2) is 48.5 Å². The average Bonchev–Trinajstić information content (AvgIpc) is 3.52.